The standard InChI is InChI=1S/C18H29N3O.2ClH/c1-14-7-8-16(21-9-5-6-10-21)15(11-14)17(22)20(4)13-18(2,3)12-19;;/h7-8,11H,5-6,9-10,12-13,19H2,1-4H3;2*1H. The number of halogens is 2. The largest absolute Gasteiger partial charge is 0.371 e. The first-order chi connectivity index (χ1) is 10.3. The highest BCUT2D eigenvalue weighted by Crippen LogP contribution is 2.27. The molecule has 24 heavy (non-hydrogen) atoms. The maximum absolute atomic E-state index is 12.9. The van der Waals surface area contributed by atoms with E-state index in [4.69, 9.17) is 5.73 Å². The highest BCUT2D eigenvalue weighted by Gasteiger charge is 2.25. The fraction of sp³-hybridized carbons (Fsp3) is 0.611. The molecule has 0 aliphatic carbocycles. The van der Waals surface area contributed by atoms with Gasteiger partial charge in [-0.05, 0) is 43.9 Å². The van der Waals surface area contributed by atoms with Crippen LogP contribution in [0.1, 0.15) is 42.6 Å². The molecule has 1 aromatic carbocycles. The predicted molar refractivity (Wildman–Crippen MR) is 107 cm³/mol. The molecule has 138 valence electrons. The molecule has 1 saturated heterocycles. The van der Waals surface area contributed by atoms with Crippen LogP contribution in [0.25, 0.3) is 0 Å². The molecule has 0 saturated carbocycles. The van der Waals surface area contributed by atoms with E-state index in [1.165, 1.54) is 12.8 Å². The fourth-order valence-electron chi connectivity index (χ4n) is 3.04. The molecule has 4 nitrogen and oxygen atoms in total. The van der Waals surface area contributed by atoms with Crippen LogP contribution < -0.4 is 10.6 Å². The number of carbonyl (C=O) groups is 1. The van der Waals surface area contributed by atoms with E-state index in [0.717, 1.165) is 29.9 Å². The number of benzene rings is 1. The smallest absolute Gasteiger partial charge is 0.255 e. The summed E-state index contributed by atoms with van der Waals surface area (Å²) in [6.07, 6.45) is 2.41. The summed E-state index contributed by atoms with van der Waals surface area (Å²) < 4.78 is 0. The zero-order valence-electron chi connectivity index (χ0n) is 15.2. The zero-order valence-corrected chi connectivity index (χ0v) is 16.8. The van der Waals surface area contributed by atoms with E-state index >= 15 is 0 Å². The number of hydrogen-bond acceptors (Lipinski definition) is 3. The molecular formula is C18H31Cl2N3O. The van der Waals surface area contributed by atoms with Crippen LogP contribution >= 0.6 is 24.8 Å². The summed E-state index contributed by atoms with van der Waals surface area (Å²) in [6.45, 7) is 9.53. The van der Waals surface area contributed by atoms with Crippen molar-refractivity contribution < 1.29 is 4.79 Å². The molecular weight excluding hydrogens is 345 g/mol. The quantitative estimate of drug-likeness (QED) is 0.856. The van der Waals surface area contributed by atoms with Crippen LogP contribution in [0, 0.1) is 12.3 Å². The van der Waals surface area contributed by atoms with Gasteiger partial charge in [-0.1, -0.05) is 25.5 Å². The van der Waals surface area contributed by atoms with Gasteiger partial charge in [-0.2, -0.15) is 0 Å². The average Bonchev–Trinajstić information content (AvgIpc) is 3.00. The van der Waals surface area contributed by atoms with Crippen molar-refractivity contribution in [1.29, 1.82) is 0 Å². The molecule has 6 heteroatoms. The normalized spacial score (nSPS) is 14.0. The summed E-state index contributed by atoms with van der Waals surface area (Å²) in [5.41, 5.74) is 8.75. The average molecular weight is 376 g/mol. The van der Waals surface area contributed by atoms with Crippen molar-refractivity contribution in [3.63, 3.8) is 0 Å². The summed E-state index contributed by atoms with van der Waals surface area (Å²) in [5.74, 6) is 0.0899. The van der Waals surface area contributed by atoms with Crippen LogP contribution in [-0.4, -0.2) is 44.0 Å². The molecule has 0 bridgehead atoms. The third-order valence-corrected chi connectivity index (χ3v) is 4.39. The second-order valence-corrected chi connectivity index (χ2v) is 7.24. The molecule has 0 spiro atoms. The Morgan fingerprint density at radius 1 is 1.25 bits per heavy atom. The molecule has 2 rings (SSSR count). The Balaban J connectivity index is 0.00000264. The maximum atomic E-state index is 12.9. The number of hydrogen-bond donors (Lipinski definition) is 1. The summed E-state index contributed by atoms with van der Waals surface area (Å²) in [6, 6.07) is 6.20. The van der Waals surface area contributed by atoms with E-state index in [-0.39, 0.29) is 36.1 Å². The van der Waals surface area contributed by atoms with Gasteiger partial charge in [-0.3, -0.25) is 4.79 Å². The first-order valence-corrected chi connectivity index (χ1v) is 8.15. The van der Waals surface area contributed by atoms with Gasteiger partial charge in [0, 0.05) is 32.4 Å². The highest BCUT2D eigenvalue weighted by molar-refractivity contribution is 6.00. The molecule has 0 atom stereocenters. The molecule has 1 heterocycles. The van der Waals surface area contributed by atoms with Gasteiger partial charge in [-0.25, -0.2) is 0 Å². The molecule has 1 fully saturated rings. The second kappa shape index (κ2) is 9.50. The van der Waals surface area contributed by atoms with Crippen LogP contribution in [0.3, 0.4) is 0 Å². The third-order valence-electron chi connectivity index (χ3n) is 4.39. The van der Waals surface area contributed by atoms with Crippen molar-refractivity contribution in [2.24, 2.45) is 11.1 Å². The van der Waals surface area contributed by atoms with Crippen molar-refractivity contribution in [3.8, 4) is 0 Å². The molecule has 1 aliphatic heterocycles. The van der Waals surface area contributed by atoms with Crippen molar-refractivity contribution >= 4 is 36.4 Å². The molecule has 0 unspecified atom stereocenters. The van der Waals surface area contributed by atoms with Gasteiger partial charge in [0.25, 0.3) is 5.91 Å². The number of amides is 1. The van der Waals surface area contributed by atoms with E-state index in [9.17, 15) is 4.79 Å². The number of rotatable bonds is 5. The monoisotopic (exact) mass is 375 g/mol. The first kappa shape index (κ1) is 23.0. The highest BCUT2D eigenvalue weighted by atomic mass is 35.5. The van der Waals surface area contributed by atoms with Crippen LogP contribution in [0.5, 0.6) is 0 Å². The Morgan fingerprint density at radius 2 is 1.83 bits per heavy atom. The van der Waals surface area contributed by atoms with E-state index in [2.05, 4.69) is 30.9 Å². The minimum absolute atomic E-state index is 0. The lowest BCUT2D eigenvalue weighted by molar-refractivity contribution is 0.0741. The van der Waals surface area contributed by atoms with Crippen LogP contribution in [0.15, 0.2) is 18.2 Å². The number of aryl methyl sites for hydroxylation is 1. The fourth-order valence-corrected chi connectivity index (χ4v) is 3.04. The predicted octanol–water partition coefficient (Wildman–Crippen LogP) is 3.50. The Hall–Kier alpha value is -0.970. The van der Waals surface area contributed by atoms with Gasteiger partial charge in [0.1, 0.15) is 0 Å². The van der Waals surface area contributed by atoms with E-state index in [0.29, 0.717) is 13.1 Å². The first-order valence-electron chi connectivity index (χ1n) is 8.15. The van der Waals surface area contributed by atoms with Gasteiger partial charge in [-0.15, -0.1) is 24.8 Å². The second-order valence-electron chi connectivity index (χ2n) is 7.24. The number of anilines is 1. The molecule has 2 N–H and O–H groups in total. The maximum Gasteiger partial charge on any atom is 0.255 e. The lowest BCUT2D eigenvalue weighted by atomic mass is 9.93. The van der Waals surface area contributed by atoms with E-state index in [1.807, 2.05) is 20.0 Å². The van der Waals surface area contributed by atoms with Gasteiger partial charge >= 0.3 is 0 Å². The molecule has 0 radical (unpaired) electrons. The number of carbonyl (C=O) groups excluding carboxylic acids is 1. The SMILES string of the molecule is Cc1ccc(N2CCCC2)c(C(=O)N(C)CC(C)(C)CN)c1.Cl.Cl. The van der Waals surface area contributed by atoms with Gasteiger partial charge in [0.05, 0.1) is 5.56 Å². The Labute approximate surface area is 158 Å². The Morgan fingerprint density at radius 3 is 2.38 bits per heavy atom. The van der Waals surface area contributed by atoms with Crippen molar-refractivity contribution in [3.05, 3.63) is 29.3 Å². The summed E-state index contributed by atoms with van der Waals surface area (Å²) in [5, 5.41) is 0. The molecule has 1 aromatic rings. The summed E-state index contributed by atoms with van der Waals surface area (Å²) >= 11 is 0. The Bertz CT molecular complexity index is 543. The molecule has 1 aliphatic rings. The molecule has 0 aromatic heterocycles. The summed E-state index contributed by atoms with van der Waals surface area (Å²) in [4.78, 5) is 17.1. The van der Waals surface area contributed by atoms with Crippen molar-refractivity contribution in [2.75, 3.05) is 38.1 Å². The van der Waals surface area contributed by atoms with Crippen molar-refractivity contribution in [1.82, 2.24) is 4.90 Å². The lowest BCUT2D eigenvalue weighted by Crippen LogP contribution is -2.40. The van der Waals surface area contributed by atoms with Crippen LogP contribution in [0.2, 0.25) is 0 Å². The summed E-state index contributed by atoms with van der Waals surface area (Å²) in [7, 11) is 1.87. The Kier molecular flexibility index (Phi) is 9.11. The zero-order chi connectivity index (χ0) is 16.3. The van der Waals surface area contributed by atoms with Gasteiger partial charge in [0.2, 0.25) is 0 Å². The van der Waals surface area contributed by atoms with E-state index in [1.54, 1.807) is 4.90 Å². The van der Waals surface area contributed by atoms with Crippen LogP contribution in [0.4, 0.5) is 5.69 Å². The number of nitrogens with two attached hydrogens (primary N) is 1. The third kappa shape index (κ3) is 5.54. The van der Waals surface area contributed by atoms with Crippen LogP contribution in [-0.2, 0) is 0 Å². The minimum atomic E-state index is -0.0674. The van der Waals surface area contributed by atoms with Gasteiger partial charge in [0.15, 0.2) is 0 Å². The lowest BCUT2D eigenvalue weighted by Gasteiger charge is -2.30. The van der Waals surface area contributed by atoms with Gasteiger partial charge < -0.3 is 15.5 Å². The molecule has 1 amide bonds. The van der Waals surface area contributed by atoms with E-state index < -0.39 is 0 Å². The van der Waals surface area contributed by atoms with Crippen molar-refractivity contribution in [2.45, 2.75) is 33.6 Å². The number of nitrogens with zero attached hydrogens (tertiary/aromatic N) is 2. The minimum Gasteiger partial charge on any atom is -0.371 e. The topological polar surface area (TPSA) is 49.6 Å².